The monoisotopic (exact) mass is 514 g/mol. The first kappa shape index (κ1) is 28.4. The van der Waals surface area contributed by atoms with Gasteiger partial charge in [0.2, 0.25) is 0 Å². The summed E-state index contributed by atoms with van der Waals surface area (Å²) in [5.74, 6) is -0.545. The van der Waals surface area contributed by atoms with Gasteiger partial charge in [0.1, 0.15) is 17.4 Å². The average molecular weight is 515 g/mol. The molecule has 3 rings (SSSR count). The molecule has 0 amide bonds. The molecule has 0 atom stereocenters. The average Bonchev–Trinajstić information content (AvgIpc) is 2.84. The highest BCUT2D eigenvalue weighted by molar-refractivity contribution is 5.66. The maximum Gasteiger partial charge on any atom is 0.422 e. The van der Waals surface area contributed by atoms with Crippen molar-refractivity contribution >= 4 is 0 Å². The predicted molar refractivity (Wildman–Crippen MR) is 131 cm³/mol. The van der Waals surface area contributed by atoms with Gasteiger partial charge in [-0.2, -0.15) is 13.2 Å². The van der Waals surface area contributed by atoms with Crippen LogP contribution in [0.1, 0.15) is 88.5 Å². The van der Waals surface area contributed by atoms with E-state index in [0.717, 1.165) is 38.5 Å². The minimum atomic E-state index is -4.45. The zero-order valence-electron chi connectivity index (χ0n) is 20.7. The van der Waals surface area contributed by atoms with E-state index in [4.69, 9.17) is 0 Å². The summed E-state index contributed by atoms with van der Waals surface area (Å²) in [7, 11) is 0. The zero-order chi connectivity index (χ0) is 26.0. The van der Waals surface area contributed by atoms with Crippen LogP contribution in [0.4, 0.5) is 26.3 Å². The number of ether oxygens (including phenoxy) is 1. The first-order chi connectivity index (χ1) is 17.3. The van der Waals surface area contributed by atoms with Gasteiger partial charge in [0.05, 0.1) is 12.2 Å². The molecule has 2 aromatic rings. The normalized spacial score (nSPS) is 18.4. The lowest BCUT2D eigenvalue weighted by molar-refractivity contribution is -0.153. The van der Waals surface area contributed by atoms with Crippen molar-refractivity contribution in [1.82, 2.24) is 0 Å². The summed E-state index contributed by atoms with van der Waals surface area (Å²) < 4.78 is 83.5. The molecule has 0 bridgehead atoms. The van der Waals surface area contributed by atoms with Gasteiger partial charge in [-0.3, -0.25) is 4.39 Å². The molecule has 0 radical (unpaired) electrons. The Morgan fingerprint density at radius 2 is 1.31 bits per heavy atom. The maximum atomic E-state index is 14.9. The second-order valence-corrected chi connectivity index (χ2v) is 9.96. The lowest BCUT2D eigenvalue weighted by atomic mass is 9.76. The number of hydrogen-bond acceptors (Lipinski definition) is 1. The highest BCUT2D eigenvalue weighted by atomic mass is 19.4. The van der Waals surface area contributed by atoms with Gasteiger partial charge < -0.3 is 4.74 Å². The van der Waals surface area contributed by atoms with E-state index in [1.165, 1.54) is 68.5 Å². The van der Waals surface area contributed by atoms with Gasteiger partial charge in [-0.05, 0) is 79.3 Å². The van der Waals surface area contributed by atoms with Crippen LogP contribution in [-0.2, 0) is 0 Å². The van der Waals surface area contributed by atoms with Crippen LogP contribution < -0.4 is 4.74 Å². The first-order valence-electron chi connectivity index (χ1n) is 13.1. The molecule has 7 heteroatoms. The zero-order valence-corrected chi connectivity index (χ0v) is 20.7. The minimum absolute atomic E-state index is 0.0149. The summed E-state index contributed by atoms with van der Waals surface area (Å²) in [6.45, 7) is -1.64. The Balaban J connectivity index is 1.48. The number of halogens is 6. The molecule has 1 aliphatic carbocycles. The van der Waals surface area contributed by atoms with Gasteiger partial charge >= 0.3 is 6.18 Å². The van der Waals surface area contributed by atoms with Gasteiger partial charge in [-0.1, -0.05) is 57.1 Å². The number of hydrogen-bond donors (Lipinski definition) is 0. The first-order valence-corrected chi connectivity index (χ1v) is 13.1. The van der Waals surface area contributed by atoms with Crippen molar-refractivity contribution < 1.29 is 31.1 Å². The molecule has 0 unspecified atom stereocenters. The highest BCUT2D eigenvalue weighted by Gasteiger charge is 2.28. The van der Waals surface area contributed by atoms with Crippen LogP contribution in [0.2, 0.25) is 0 Å². The Morgan fingerprint density at radius 1 is 0.750 bits per heavy atom. The second-order valence-electron chi connectivity index (χ2n) is 9.96. The topological polar surface area (TPSA) is 9.23 Å². The van der Waals surface area contributed by atoms with Crippen LogP contribution >= 0.6 is 0 Å². The largest absolute Gasteiger partial charge is 0.484 e. The van der Waals surface area contributed by atoms with Crippen LogP contribution in [0, 0.1) is 17.6 Å². The van der Waals surface area contributed by atoms with E-state index in [-0.39, 0.29) is 29.5 Å². The molecule has 200 valence electrons. The SMILES string of the molecule is FCCCCCCCCCC1CCC(c2cc(F)c(-c3ccc(OCC(F)(F)F)cc3)c(F)c2)CC1. The molecule has 1 aliphatic rings. The van der Waals surface area contributed by atoms with Crippen LogP contribution in [-0.4, -0.2) is 19.5 Å². The molecular formula is C29H36F6O. The van der Waals surface area contributed by atoms with Crippen molar-refractivity contribution in [2.45, 2.75) is 89.1 Å². The lowest BCUT2D eigenvalue weighted by Crippen LogP contribution is -2.19. The number of unbranched alkanes of at least 4 members (excludes halogenated alkanes) is 6. The van der Waals surface area contributed by atoms with Crippen molar-refractivity contribution in [3.63, 3.8) is 0 Å². The fraction of sp³-hybridized carbons (Fsp3) is 0.586. The molecule has 0 heterocycles. The van der Waals surface area contributed by atoms with Gasteiger partial charge in [-0.15, -0.1) is 0 Å². The molecule has 0 N–H and O–H groups in total. The highest BCUT2D eigenvalue weighted by Crippen LogP contribution is 2.40. The van der Waals surface area contributed by atoms with E-state index in [1.54, 1.807) is 0 Å². The summed E-state index contributed by atoms with van der Waals surface area (Å²) in [6.07, 6.45) is 8.26. The summed E-state index contributed by atoms with van der Waals surface area (Å²) in [4.78, 5) is 0. The van der Waals surface area contributed by atoms with Crippen LogP contribution in [0.3, 0.4) is 0 Å². The minimum Gasteiger partial charge on any atom is -0.484 e. The molecule has 2 aromatic carbocycles. The van der Waals surface area contributed by atoms with Crippen LogP contribution in [0.15, 0.2) is 36.4 Å². The quantitative estimate of drug-likeness (QED) is 0.191. The van der Waals surface area contributed by atoms with Crippen LogP contribution in [0.5, 0.6) is 5.75 Å². The number of alkyl halides is 4. The molecule has 1 fully saturated rings. The van der Waals surface area contributed by atoms with E-state index in [2.05, 4.69) is 4.74 Å². The number of benzene rings is 2. The third-order valence-electron chi connectivity index (χ3n) is 7.17. The molecule has 0 spiro atoms. The van der Waals surface area contributed by atoms with Crippen molar-refractivity contribution in [2.24, 2.45) is 5.92 Å². The Labute approximate surface area is 210 Å². The fourth-order valence-electron chi connectivity index (χ4n) is 5.18. The second kappa shape index (κ2) is 13.9. The van der Waals surface area contributed by atoms with E-state index in [1.807, 2.05) is 0 Å². The summed E-state index contributed by atoms with van der Waals surface area (Å²) >= 11 is 0. The van der Waals surface area contributed by atoms with Crippen molar-refractivity contribution in [2.75, 3.05) is 13.3 Å². The molecule has 0 aromatic heterocycles. The maximum absolute atomic E-state index is 14.9. The third kappa shape index (κ3) is 9.04. The van der Waals surface area contributed by atoms with Gasteiger partial charge in [0.15, 0.2) is 6.61 Å². The van der Waals surface area contributed by atoms with Crippen LogP contribution in [0.25, 0.3) is 11.1 Å². The van der Waals surface area contributed by atoms with E-state index in [0.29, 0.717) is 17.9 Å². The summed E-state index contributed by atoms with van der Waals surface area (Å²) in [6, 6.07) is 8.09. The van der Waals surface area contributed by atoms with Gasteiger partial charge in [0, 0.05) is 0 Å². The number of rotatable bonds is 13. The summed E-state index contributed by atoms with van der Waals surface area (Å²) in [5, 5.41) is 0. The fourth-order valence-corrected chi connectivity index (χ4v) is 5.18. The molecule has 0 saturated heterocycles. The molecule has 1 saturated carbocycles. The van der Waals surface area contributed by atoms with E-state index < -0.39 is 24.4 Å². The van der Waals surface area contributed by atoms with Gasteiger partial charge in [0.25, 0.3) is 0 Å². The van der Waals surface area contributed by atoms with E-state index in [9.17, 15) is 26.3 Å². The molecule has 36 heavy (non-hydrogen) atoms. The Hall–Kier alpha value is -2.18. The van der Waals surface area contributed by atoms with Crippen molar-refractivity contribution in [3.8, 4) is 16.9 Å². The lowest BCUT2D eigenvalue weighted by Gasteiger charge is -2.29. The molecule has 0 aliphatic heterocycles. The Bertz CT molecular complexity index is 893. The molecular weight excluding hydrogens is 478 g/mol. The Kier molecular flexibility index (Phi) is 11.0. The van der Waals surface area contributed by atoms with Crippen molar-refractivity contribution in [1.29, 1.82) is 0 Å². The standard InChI is InChI=1S/C29H36F6O/c30-17-7-5-3-1-2-4-6-8-21-9-11-22(12-10-21)24-18-26(31)28(27(32)19-24)23-13-15-25(16-14-23)36-20-29(33,34)35/h13-16,18-19,21-22H,1-12,17,20H2. The van der Waals surface area contributed by atoms with Gasteiger partial charge in [-0.25, -0.2) is 8.78 Å². The summed E-state index contributed by atoms with van der Waals surface area (Å²) in [5.41, 5.74) is 0.743. The smallest absolute Gasteiger partial charge is 0.422 e. The van der Waals surface area contributed by atoms with Crippen molar-refractivity contribution in [3.05, 3.63) is 53.6 Å². The third-order valence-corrected chi connectivity index (χ3v) is 7.17. The molecule has 1 nitrogen and oxygen atoms in total. The predicted octanol–water partition coefficient (Wildman–Crippen LogP) is 9.94. The Morgan fingerprint density at radius 3 is 1.86 bits per heavy atom. The van der Waals surface area contributed by atoms with E-state index >= 15 is 0 Å².